The molecule has 0 unspecified atom stereocenters. The summed E-state index contributed by atoms with van der Waals surface area (Å²) >= 11 is 0. The van der Waals surface area contributed by atoms with Gasteiger partial charge >= 0.3 is 71.3 Å². The lowest BCUT2D eigenvalue weighted by atomic mass is 9.88. The van der Waals surface area contributed by atoms with Gasteiger partial charge in [0, 0.05) is 34.2 Å². The monoisotopic (exact) mass is 1200 g/mol. The molecule has 1 aliphatic rings. The van der Waals surface area contributed by atoms with E-state index < -0.39 is 154 Å². The van der Waals surface area contributed by atoms with Crippen molar-refractivity contribution in [2.45, 2.75) is 112 Å². The Bertz CT molecular complexity index is 2830. The minimum absolute atomic E-state index is 0.0786. The molecule has 0 bridgehead atoms. The van der Waals surface area contributed by atoms with Crippen LogP contribution in [-0.4, -0.2) is 174 Å². The molecule has 4 aromatic carbocycles. The van der Waals surface area contributed by atoms with Crippen LogP contribution in [0.15, 0.2) is 54.6 Å². The number of carbonyl (C=O) groups is 5. The molecule has 452 valence electrons. The van der Waals surface area contributed by atoms with Gasteiger partial charge in [-0.25, -0.2) is 0 Å². The zero-order chi connectivity index (χ0) is 60.7. The van der Waals surface area contributed by atoms with Crippen molar-refractivity contribution >= 4 is 62.1 Å². The Balaban J connectivity index is 1.07. The smallest absolute Gasteiger partial charge is 0.385 e. The van der Waals surface area contributed by atoms with Gasteiger partial charge in [0.15, 0.2) is 24.6 Å². The van der Waals surface area contributed by atoms with Crippen LogP contribution < -0.4 is 5.32 Å². The second-order valence-electron chi connectivity index (χ2n) is 17.9. The quantitative estimate of drug-likeness (QED) is 0.0172. The maximum absolute atomic E-state index is 14.8. The lowest BCUT2D eigenvalue weighted by Crippen LogP contribution is -2.75. The Morgan fingerprint density at radius 2 is 0.951 bits per heavy atom. The number of rotatable bonds is 30. The molecule has 0 radical (unpaired) electrons. The van der Waals surface area contributed by atoms with E-state index in [0.717, 1.165) is 27.7 Å². The number of ether oxygens (including phenoxy) is 10. The van der Waals surface area contributed by atoms with Crippen molar-refractivity contribution in [3.8, 4) is 0 Å². The summed E-state index contributed by atoms with van der Waals surface area (Å²) in [6.45, 7) is -7.76. The summed E-state index contributed by atoms with van der Waals surface area (Å²) in [5, 5.41) is 5.17. The number of hydrogen-bond donors (Lipinski definition) is 1. The average Bonchev–Trinajstić information content (AvgIpc) is 3.54. The third-order valence-corrected chi connectivity index (χ3v) is 12.0. The van der Waals surface area contributed by atoms with Gasteiger partial charge in [0.25, 0.3) is 0 Å². The molecular formula is C49H49F16NO15. The van der Waals surface area contributed by atoms with Crippen molar-refractivity contribution in [2.75, 3.05) is 66.0 Å². The SMILES string of the molecule is CC(=O)OC[C@H]1O[C@H](OCCOCCOCCNC(=O)COCC(F)(F)C(F)(F)C(F)(F)C(F)(F)C(F)(F)C(F)(F)C(F)(F)C(F)(F)COCc2ccc3ccc4cccc5ccc2c3c45)[C@@H](OC(C)=O)[C@@H](OC(C)=O)[C@@H]1OC(C)=O. The van der Waals surface area contributed by atoms with Gasteiger partial charge in [-0.1, -0.05) is 54.6 Å². The minimum atomic E-state index is -8.68. The van der Waals surface area contributed by atoms with Crippen molar-refractivity contribution in [3.05, 3.63) is 60.2 Å². The molecular weight excluding hydrogens is 1150 g/mol. The highest BCUT2D eigenvalue weighted by atomic mass is 19.4. The summed E-state index contributed by atoms with van der Waals surface area (Å²) < 4.78 is 285. The Morgan fingerprint density at radius 1 is 0.494 bits per heavy atom. The van der Waals surface area contributed by atoms with Crippen LogP contribution in [-0.2, 0) is 77.9 Å². The van der Waals surface area contributed by atoms with Gasteiger partial charge < -0.3 is 52.7 Å². The Morgan fingerprint density at radius 3 is 1.49 bits per heavy atom. The van der Waals surface area contributed by atoms with Crippen LogP contribution >= 0.6 is 0 Å². The topological polar surface area (TPSA) is 190 Å². The van der Waals surface area contributed by atoms with Crippen LogP contribution in [0.5, 0.6) is 0 Å². The number of carbonyl (C=O) groups excluding carboxylic acids is 5. The second-order valence-corrected chi connectivity index (χ2v) is 17.9. The van der Waals surface area contributed by atoms with Crippen LogP contribution in [0.2, 0.25) is 0 Å². The molecule has 0 spiro atoms. The molecule has 1 N–H and O–H groups in total. The van der Waals surface area contributed by atoms with Gasteiger partial charge in [0.1, 0.15) is 32.5 Å². The number of alkyl halides is 16. The van der Waals surface area contributed by atoms with Crippen molar-refractivity contribution in [1.29, 1.82) is 0 Å². The van der Waals surface area contributed by atoms with Crippen molar-refractivity contribution < 1.29 is 142 Å². The van der Waals surface area contributed by atoms with E-state index in [2.05, 4.69) is 9.47 Å². The van der Waals surface area contributed by atoms with Gasteiger partial charge in [-0.05, 0) is 37.9 Å². The van der Waals surface area contributed by atoms with Gasteiger partial charge in [-0.2, -0.15) is 70.2 Å². The number of nitrogens with one attached hydrogen (secondary N) is 1. The van der Waals surface area contributed by atoms with Crippen LogP contribution in [0.4, 0.5) is 70.2 Å². The Hall–Kier alpha value is -6.09. The number of amides is 1. The zero-order valence-electron chi connectivity index (χ0n) is 42.5. The van der Waals surface area contributed by atoms with E-state index in [9.17, 15) is 94.2 Å². The molecule has 4 aromatic rings. The summed E-state index contributed by atoms with van der Waals surface area (Å²) in [5.41, 5.74) is -0.0786. The zero-order valence-corrected chi connectivity index (χ0v) is 42.5. The molecule has 1 saturated heterocycles. The van der Waals surface area contributed by atoms with Gasteiger partial charge in [-0.3, -0.25) is 24.0 Å². The first kappa shape index (κ1) is 65.7. The average molecular weight is 1200 g/mol. The number of halogens is 16. The third kappa shape index (κ3) is 13.9. The standard InChI is InChI=1S/C49H49F16NO15/c1-25(67)77-21-34-38(78-26(2)68)39(79-27(3)69)40(80-28(4)70)41(81-34)76-19-18-73-17-16-72-15-14-66-35(71)22-75-24-43(52,53)45(56,57)47(60,61)49(64,65)48(62,63)46(58,59)44(54,55)42(50,51)23-74-20-32-11-10-31-9-8-29-6-5-7-30-12-13-33(32)37(31)36(29)30/h5-13,34,38-41H,14-24H2,1-4H3,(H,66,71)/t34-,38-,39+,40+,41+/m1/s1. The normalized spacial score (nSPS) is 19.0. The molecule has 1 aliphatic heterocycles. The van der Waals surface area contributed by atoms with E-state index in [4.69, 9.17) is 37.9 Å². The van der Waals surface area contributed by atoms with Crippen LogP contribution in [0.3, 0.4) is 0 Å². The van der Waals surface area contributed by atoms with Crippen LogP contribution in [0, 0.1) is 0 Å². The van der Waals surface area contributed by atoms with Crippen molar-refractivity contribution in [1.82, 2.24) is 5.32 Å². The van der Waals surface area contributed by atoms with E-state index in [-0.39, 0.29) is 37.4 Å². The summed E-state index contributed by atoms with van der Waals surface area (Å²) in [4.78, 5) is 59.2. The number of hydrogen-bond acceptors (Lipinski definition) is 15. The highest BCUT2D eigenvalue weighted by molar-refractivity contribution is 6.23. The molecule has 0 aromatic heterocycles. The number of benzene rings is 4. The molecule has 0 saturated carbocycles. The molecule has 32 heteroatoms. The molecule has 0 aliphatic carbocycles. The molecule has 1 amide bonds. The summed E-state index contributed by atoms with van der Waals surface area (Å²) in [5.74, 6) is -68.5. The fourth-order valence-electron chi connectivity index (χ4n) is 8.09. The number of esters is 4. The van der Waals surface area contributed by atoms with Gasteiger partial charge in [0.2, 0.25) is 5.91 Å². The van der Waals surface area contributed by atoms with Crippen LogP contribution in [0.1, 0.15) is 33.3 Å². The first-order valence-corrected chi connectivity index (χ1v) is 23.6. The predicted molar refractivity (Wildman–Crippen MR) is 243 cm³/mol. The molecule has 5 atom stereocenters. The fourth-order valence-corrected chi connectivity index (χ4v) is 8.09. The third-order valence-electron chi connectivity index (χ3n) is 12.0. The maximum atomic E-state index is 14.8. The molecule has 81 heavy (non-hydrogen) atoms. The first-order chi connectivity index (χ1) is 37.5. The van der Waals surface area contributed by atoms with E-state index in [1.807, 2.05) is 5.32 Å². The maximum Gasteiger partial charge on any atom is 0.385 e. The van der Waals surface area contributed by atoms with E-state index in [1.165, 1.54) is 18.2 Å². The predicted octanol–water partition coefficient (Wildman–Crippen LogP) is 8.45. The molecule has 16 nitrogen and oxygen atoms in total. The summed E-state index contributed by atoms with van der Waals surface area (Å²) in [6, 6.07) is 14.1. The van der Waals surface area contributed by atoms with Gasteiger partial charge in [0.05, 0.1) is 39.6 Å². The summed E-state index contributed by atoms with van der Waals surface area (Å²) in [6.07, 6.45) is -7.41. The van der Waals surface area contributed by atoms with E-state index >= 15 is 0 Å². The highest BCUT2D eigenvalue weighted by Gasteiger charge is 2.94. The molecule has 5 rings (SSSR count). The van der Waals surface area contributed by atoms with E-state index in [1.54, 1.807) is 36.4 Å². The Labute approximate surface area is 447 Å². The van der Waals surface area contributed by atoms with Gasteiger partial charge in [-0.15, -0.1) is 0 Å². The van der Waals surface area contributed by atoms with Crippen LogP contribution in [0.25, 0.3) is 32.3 Å². The lowest BCUT2D eigenvalue weighted by molar-refractivity contribution is -0.455. The fraction of sp³-hybridized carbons (Fsp3) is 0.571. The summed E-state index contributed by atoms with van der Waals surface area (Å²) in [7, 11) is 0. The largest absolute Gasteiger partial charge is 0.463 e. The highest BCUT2D eigenvalue weighted by Crippen LogP contribution is 2.64. The minimum Gasteiger partial charge on any atom is -0.463 e. The lowest BCUT2D eigenvalue weighted by Gasteiger charge is -2.44. The van der Waals surface area contributed by atoms with Crippen molar-refractivity contribution in [2.24, 2.45) is 0 Å². The molecule has 1 heterocycles. The Kier molecular flexibility index (Phi) is 20.8. The first-order valence-electron chi connectivity index (χ1n) is 23.6. The van der Waals surface area contributed by atoms with E-state index in [0.29, 0.717) is 26.9 Å². The molecule has 1 fully saturated rings. The second kappa shape index (κ2) is 25.6. The van der Waals surface area contributed by atoms with Crippen molar-refractivity contribution in [3.63, 3.8) is 0 Å².